The molecular formula is C30H30N2O3. The van der Waals surface area contributed by atoms with Crippen LogP contribution < -0.4 is 10.1 Å². The van der Waals surface area contributed by atoms with Gasteiger partial charge in [0.05, 0.1) is 0 Å². The fraction of sp³-hybridized carbons (Fsp3) is 0.200. The number of hydrogen-bond donors (Lipinski definition) is 1. The van der Waals surface area contributed by atoms with E-state index in [1.165, 1.54) is 0 Å². The van der Waals surface area contributed by atoms with Gasteiger partial charge in [-0.2, -0.15) is 0 Å². The van der Waals surface area contributed by atoms with E-state index < -0.39 is 6.04 Å². The van der Waals surface area contributed by atoms with Gasteiger partial charge in [-0.3, -0.25) is 9.59 Å². The molecule has 0 aromatic heterocycles. The van der Waals surface area contributed by atoms with Crippen molar-refractivity contribution in [2.24, 2.45) is 0 Å². The maximum atomic E-state index is 13.6. The highest BCUT2D eigenvalue weighted by molar-refractivity contribution is 5.90. The van der Waals surface area contributed by atoms with Crippen LogP contribution in [0.2, 0.25) is 0 Å². The zero-order chi connectivity index (χ0) is 24.6. The summed E-state index contributed by atoms with van der Waals surface area (Å²) >= 11 is 0. The number of benzene rings is 4. The fourth-order valence-corrected chi connectivity index (χ4v) is 4.15. The molecule has 178 valence electrons. The van der Waals surface area contributed by atoms with Crippen LogP contribution in [0.5, 0.6) is 5.75 Å². The highest BCUT2D eigenvalue weighted by Crippen LogP contribution is 2.25. The molecule has 5 heteroatoms. The Balaban J connectivity index is 1.61. The summed E-state index contributed by atoms with van der Waals surface area (Å²) in [5, 5.41) is 4.73. The molecule has 0 saturated carbocycles. The zero-order valence-corrected chi connectivity index (χ0v) is 20.1. The third-order valence-corrected chi connectivity index (χ3v) is 6.09. The van der Waals surface area contributed by atoms with Gasteiger partial charge in [-0.05, 0) is 29.5 Å². The number of amides is 2. The van der Waals surface area contributed by atoms with E-state index in [4.69, 9.17) is 4.74 Å². The van der Waals surface area contributed by atoms with Crippen molar-refractivity contribution in [1.29, 1.82) is 0 Å². The Labute approximate surface area is 206 Å². The number of rotatable bonds is 9. The number of nitrogens with one attached hydrogen (secondary N) is 1. The van der Waals surface area contributed by atoms with Crippen LogP contribution in [-0.2, 0) is 22.6 Å². The Morgan fingerprint density at radius 1 is 0.829 bits per heavy atom. The Morgan fingerprint density at radius 2 is 1.51 bits per heavy atom. The third-order valence-electron chi connectivity index (χ3n) is 6.09. The van der Waals surface area contributed by atoms with Crippen molar-refractivity contribution in [3.05, 3.63) is 114 Å². The van der Waals surface area contributed by atoms with Gasteiger partial charge in [0, 0.05) is 25.4 Å². The summed E-state index contributed by atoms with van der Waals surface area (Å²) in [6.45, 7) is 2.17. The molecule has 4 rings (SSSR count). The zero-order valence-electron chi connectivity index (χ0n) is 20.1. The molecule has 1 N–H and O–H groups in total. The summed E-state index contributed by atoms with van der Waals surface area (Å²) in [7, 11) is 1.60. The summed E-state index contributed by atoms with van der Waals surface area (Å²) in [6.07, 6.45) is 0.409. The molecule has 2 amide bonds. The lowest BCUT2D eigenvalue weighted by molar-refractivity contribution is -0.142. The van der Waals surface area contributed by atoms with Crippen molar-refractivity contribution in [2.75, 3.05) is 13.7 Å². The van der Waals surface area contributed by atoms with Gasteiger partial charge in [0.2, 0.25) is 5.91 Å². The predicted molar refractivity (Wildman–Crippen MR) is 139 cm³/mol. The van der Waals surface area contributed by atoms with E-state index in [1.54, 1.807) is 11.9 Å². The van der Waals surface area contributed by atoms with Crippen LogP contribution in [-0.4, -0.2) is 36.4 Å². The van der Waals surface area contributed by atoms with Crippen molar-refractivity contribution in [2.45, 2.75) is 25.9 Å². The van der Waals surface area contributed by atoms with Crippen molar-refractivity contribution in [1.82, 2.24) is 10.2 Å². The smallest absolute Gasteiger partial charge is 0.261 e. The maximum Gasteiger partial charge on any atom is 0.261 e. The number of nitrogens with zero attached hydrogens (tertiary/aromatic N) is 1. The van der Waals surface area contributed by atoms with Gasteiger partial charge in [0.1, 0.15) is 11.8 Å². The minimum absolute atomic E-state index is 0.165. The first-order chi connectivity index (χ1) is 17.0. The lowest BCUT2D eigenvalue weighted by atomic mass is 10.0. The SMILES string of the molecule is CNC(=O)[C@@H](Cc1ccccc1)N(Cc1ccc(C)cc1)C(=O)COc1cccc2ccccc12. The molecule has 4 aromatic carbocycles. The van der Waals surface area contributed by atoms with Crippen molar-refractivity contribution in [3.63, 3.8) is 0 Å². The van der Waals surface area contributed by atoms with Crippen LogP contribution in [0, 0.1) is 6.92 Å². The van der Waals surface area contributed by atoms with E-state index in [0.29, 0.717) is 18.7 Å². The van der Waals surface area contributed by atoms with Gasteiger partial charge in [0.15, 0.2) is 6.61 Å². The van der Waals surface area contributed by atoms with E-state index in [1.807, 2.05) is 104 Å². The fourth-order valence-electron chi connectivity index (χ4n) is 4.15. The average Bonchev–Trinajstić information content (AvgIpc) is 2.90. The van der Waals surface area contributed by atoms with Crippen LogP contribution in [0.1, 0.15) is 16.7 Å². The molecule has 0 fully saturated rings. The molecular weight excluding hydrogens is 436 g/mol. The number of ether oxygens (including phenoxy) is 1. The Hall–Kier alpha value is -4.12. The number of hydrogen-bond acceptors (Lipinski definition) is 3. The van der Waals surface area contributed by atoms with E-state index in [0.717, 1.165) is 27.5 Å². The highest BCUT2D eigenvalue weighted by atomic mass is 16.5. The first kappa shape index (κ1) is 24.0. The maximum absolute atomic E-state index is 13.6. The summed E-state index contributed by atoms with van der Waals surface area (Å²) in [4.78, 5) is 28.2. The predicted octanol–water partition coefficient (Wildman–Crippen LogP) is 4.91. The molecule has 1 atom stereocenters. The van der Waals surface area contributed by atoms with Crippen molar-refractivity contribution < 1.29 is 14.3 Å². The molecule has 0 aliphatic heterocycles. The van der Waals surface area contributed by atoms with Crippen LogP contribution in [0.4, 0.5) is 0 Å². The van der Waals surface area contributed by atoms with Gasteiger partial charge in [-0.1, -0.05) is 96.6 Å². The van der Waals surface area contributed by atoms with Gasteiger partial charge in [0.25, 0.3) is 5.91 Å². The summed E-state index contributed by atoms with van der Waals surface area (Å²) < 4.78 is 6.01. The first-order valence-electron chi connectivity index (χ1n) is 11.8. The molecule has 0 aliphatic rings. The minimum atomic E-state index is -0.674. The molecule has 4 aromatic rings. The minimum Gasteiger partial charge on any atom is -0.483 e. The Bertz CT molecular complexity index is 1280. The van der Waals surface area contributed by atoms with Crippen LogP contribution in [0.25, 0.3) is 10.8 Å². The molecule has 0 unspecified atom stereocenters. The highest BCUT2D eigenvalue weighted by Gasteiger charge is 2.30. The van der Waals surface area contributed by atoms with Gasteiger partial charge in [-0.15, -0.1) is 0 Å². The second kappa shape index (κ2) is 11.3. The molecule has 5 nitrogen and oxygen atoms in total. The van der Waals surface area contributed by atoms with E-state index in [2.05, 4.69) is 5.32 Å². The third kappa shape index (κ3) is 6.07. The number of aryl methyl sites for hydroxylation is 1. The number of likely N-dealkylation sites (N-methyl/N-ethyl adjacent to an activating group) is 1. The van der Waals surface area contributed by atoms with Crippen molar-refractivity contribution in [3.8, 4) is 5.75 Å². The van der Waals surface area contributed by atoms with Gasteiger partial charge < -0.3 is 15.0 Å². The largest absolute Gasteiger partial charge is 0.483 e. The lowest BCUT2D eigenvalue weighted by Crippen LogP contribution is -2.51. The standard InChI is InChI=1S/C30H30N2O3/c1-22-15-17-24(18-16-22)20-32(27(30(34)31-2)19-23-9-4-3-5-10-23)29(33)21-35-28-14-8-12-25-11-6-7-13-26(25)28/h3-18,27H,19-21H2,1-2H3,(H,31,34)/t27-/m1/s1. The molecule has 0 spiro atoms. The van der Waals surface area contributed by atoms with E-state index in [-0.39, 0.29) is 18.4 Å². The quantitative estimate of drug-likeness (QED) is 0.381. The first-order valence-corrected chi connectivity index (χ1v) is 11.8. The molecule has 0 radical (unpaired) electrons. The monoisotopic (exact) mass is 466 g/mol. The number of carbonyl (C=O) groups is 2. The van der Waals surface area contributed by atoms with Crippen LogP contribution >= 0.6 is 0 Å². The van der Waals surface area contributed by atoms with Gasteiger partial charge >= 0.3 is 0 Å². The van der Waals surface area contributed by atoms with E-state index >= 15 is 0 Å². The van der Waals surface area contributed by atoms with Crippen molar-refractivity contribution >= 4 is 22.6 Å². The van der Waals surface area contributed by atoms with Crippen LogP contribution in [0.3, 0.4) is 0 Å². The summed E-state index contributed by atoms with van der Waals surface area (Å²) in [6, 6.07) is 30.8. The molecule has 0 aliphatic carbocycles. The molecule has 0 saturated heterocycles. The van der Waals surface area contributed by atoms with Crippen LogP contribution in [0.15, 0.2) is 97.1 Å². The summed E-state index contributed by atoms with van der Waals surface area (Å²) in [5.74, 6) is 0.189. The second-order valence-electron chi connectivity index (χ2n) is 8.59. The lowest BCUT2D eigenvalue weighted by Gasteiger charge is -2.31. The number of fused-ring (bicyclic) bond motifs is 1. The molecule has 0 heterocycles. The average molecular weight is 467 g/mol. The topological polar surface area (TPSA) is 58.6 Å². The normalized spacial score (nSPS) is 11.6. The van der Waals surface area contributed by atoms with Gasteiger partial charge in [-0.25, -0.2) is 0 Å². The second-order valence-corrected chi connectivity index (χ2v) is 8.59. The molecule has 0 bridgehead atoms. The summed E-state index contributed by atoms with van der Waals surface area (Å²) in [5.41, 5.74) is 3.08. The Morgan fingerprint density at radius 3 is 2.26 bits per heavy atom. The molecule has 35 heavy (non-hydrogen) atoms. The number of carbonyl (C=O) groups excluding carboxylic acids is 2. The van der Waals surface area contributed by atoms with E-state index in [9.17, 15) is 9.59 Å². The Kier molecular flexibility index (Phi) is 7.78.